The lowest BCUT2D eigenvalue weighted by molar-refractivity contribution is -0.116. The lowest BCUT2D eigenvalue weighted by Gasteiger charge is -2.29. The summed E-state index contributed by atoms with van der Waals surface area (Å²) in [5.74, 6) is 1.53. The van der Waals surface area contributed by atoms with Gasteiger partial charge in [-0.15, -0.1) is 11.8 Å². The van der Waals surface area contributed by atoms with Crippen molar-refractivity contribution >= 4 is 40.9 Å². The van der Waals surface area contributed by atoms with Crippen molar-refractivity contribution in [3.63, 3.8) is 0 Å². The van der Waals surface area contributed by atoms with Crippen LogP contribution < -0.4 is 19.7 Å². The van der Waals surface area contributed by atoms with Crippen LogP contribution in [0.25, 0.3) is 0 Å². The van der Waals surface area contributed by atoms with Crippen LogP contribution >= 0.6 is 23.4 Å². The number of anilines is 1. The van der Waals surface area contributed by atoms with Gasteiger partial charge in [-0.05, 0) is 60.0 Å². The van der Waals surface area contributed by atoms with E-state index in [9.17, 15) is 9.59 Å². The fraction of sp³-hybridized carbons (Fsp3) is 0.231. The van der Waals surface area contributed by atoms with Crippen LogP contribution in [-0.2, 0) is 17.8 Å². The highest BCUT2D eigenvalue weighted by molar-refractivity contribution is 8.00. The lowest BCUT2D eigenvalue weighted by Crippen LogP contribution is -2.35. The molecule has 0 unspecified atom stereocenters. The number of amides is 2. The first kappa shape index (κ1) is 24.0. The van der Waals surface area contributed by atoms with E-state index in [2.05, 4.69) is 5.32 Å². The summed E-state index contributed by atoms with van der Waals surface area (Å²) in [6.45, 7) is 0.890. The van der Waals surface area contributed by atoms with Crippen LogP contribution in [0.2, 0.25) is 5.02 Å². The van der Waals surface area contributed by atoms with Crippen molar-refractivity contribution in [1.82, 2.24) is 5.32 Å². The molecule has 8 heteroatoms. The molecule has 0 spiro atoms. The van der Waals surface area contributed by atoms with Gasteiger partial charge in [-0.2, -0.15) is 0 Å². The maximum Gasteiger partial charge on any atom is 0.251 e. The van der Waals surface area contributed by atoms with Gasteiger partial charge >= 0.3 is 0 Å². The summed E-state index contributed by atoms with van der Waals surface area (Å²) in [4.78, 5) is 28.3. The van der Waals surface area contributed by atoms with Gasteiger partial charge in [-0.3, -0.25) is 9.59 Å². The van der Waals surface area contributed by atoms with Crippen molar-refractivity contribution in [2.24, 2.45) is 0 Å². The molecule has 0 radical (unpaired) electrons. The zero-order valence-corrected chi connectivity index (χ0v) is 20.5. The third-order valence-electron chi connectivity index (χ3n) is 5.57. The average molecular weight is 497 g/mol. The van der Waals surface area contributed by atoms with E-state index in [4.69, 9.17) is 21.1 Å². The molecule has 1 heterocycles. The summed E-state index contributed by atoms with van der Waals surface area (Å²) in [5.41, 5.74) is 3.27. The number of nitrogens with one attached hydrogen (secondary N) is 1. The highest BCUT2D eigenvalue weighted by Gasteiger charge is 2.26. The molecule has 6 nitrogen and oxygen atoms in total. The van der Waals surface area contributed by atoms with Crippen molar-refractivity contribution in [3.05, 3.63) is 82.4 Å². The number of nitrogens with zero attached hydrogens (tertiary/aromatic N) is 1. The Hall–Kier alpha value is -3.16. The molecular weight excluding hydrogens is 472 g/mol. The first-order valence-electron chi connectivity index (χ1n) is 10.8. The number of halogens is 1. The molecule has 4 rings (SSSR count). The number of rotatable bonds is 8. The quantitative estimate of drug-likeness (QED) is 0.477. The van der Waals surface area contributed by atoms with Crippen LogP contribution in [0, 0.1) is 0 Å². The Morgan fingerprint density at radius 2 is 1.74 bits per heavy atom. The molecule has 1 N–H and O–H groups in total. The van der Waals surface area contributed by atoms with Crippen molar-refractivity contribution in [2.75, 3.05) is 31.4 Å². The van der Waals surface area contributed by atoms with Crippen LogP contribution in [-0.4, -0.2) is 38.3 Å². The van der Waals surface area contributed by atoms with Gasteiger partial charge in [0.1, 0.15) is 0 Å². The maximum atomic E-state index is 12.8. The van der Waals surface area contributed by atoms with Gasteiger partial charge in [0.15, 0.2) is 11.5 Å². The molecule has 0 saturated carbocycles. The van der Waals surface area contributed by atoms with Gasteiger partial charge in [0.25, 0.3) is 5.91 Å². The van der Waals surface area contributed by atoms with E-state index in [0.717, 1.165) is 21.7 Å². The van der Waals surface area contributed by atoms with E-state index in [-0.39, 0.29) is 11.8 Å². The Labute approximate surface area is 208 Å². The Morgan fingerprint density at radius 3 is 2.47 bits per heavy atom. The Balaban J connectivity index is 1.44. The summed E-state index contributed by atoms with van der Waals surface area (Å²) in [5, 5.41) is 3.62. The Kier molecular flexibility index (Phi) is 7.65. The van der Waals surface area contributed by atoms with Gasteiger partial charge in [0.05, 0.1) is 32.2 Å². The van der Waals surface area contributed by atoms with Gasteiger partial charge in [0.2, 0.25) is 5.91 Å². The zero-order valence-electron chi connectivity index (χ0n) is 19.0. The molecule has 1 aliphatic rings. The normalized spacial score (nSPS) is 12.8. The van der Waals surface area contributed by atoms with Crippen LogP contribution in [0.3, 0.4) is 0 Å². The summed E-state index contributed by atoms with van der Waals surface area (Å²) in [6.07, 6.45) is 0.647. The molecule has 0 atom stereocenters. The van der Waals surface area contributed by atoms with Gasteiger partial charge in [-0.1, -0.05) is 29.8 Å². The van der Waals surface area contributed by atoms with E-state index < -0.39 is 0 Å². The summed E-state index contributed by atoms with van der Waals surface area (Å²) in [6, 6.07) is 18.6. The van der Waals surface area contributed by atoms with Crippen LogP contribution in [0.4, 0.5) is 5.69 Å². The maximum absolute atomic E-state index is 12.8. The fourth-order valence-electron chi connectivity index (χ4n) is 3.75. The monoisotopic (exact) mass is 496 g/mol. The lowest BCUT2D eigenvalue weighted by atomic mass is 10.1. The first-order valence-corrected chi connectivity index (χ1v) is 12.2. The van der Waals surface area contributed by atoms with E-state index in [0.29, 0.717) is 47.3 Å². The molecule has 176 valence electrons. The van der Waals surface area contributed by atoms with Crippen LogP contribution in [0.5, 0.6) is 11.5 Å². The Morgan fingerprint density at radius 1 is 1.00 bits per heavy atom. The number of hydrogen-bond acceptors (Lipinski definition) is 5. The molecule has 0 saturated heterocycles. The molecule has 3 aromatic rings. The van der Waals surface area contributed by atoms with Gasteiger partial charge < -0.3 is 19.7 Å². The number of carbonyl (C=O) groups excluding carboxylic acids is 2. The molecule has 2 amide bonds. The zero-order chi connectivity index (χ0) is 24.1. The molecule has 0 bridgehead atoms. The van der Waals surface area contributed by atoms with Crippen LogP contribution in [0.15, 0.2) is 65.6 Å². The number of fused-ring (bicyclic) bond motifs is 1. The largest absolute Gasteiger partial charge is 0.493 e. The standard InChI is InChI=1S/C26H25ClN2O4S/c1-32-22-9-5-17(13-23(22)33-2)11-12-28-26(31)19-6-10-24-21(14-19)29(25(30)16-34-24)15-18-3-7-20(27)8-4-18/h3-10,13-14H,11-12,15-16H2,1-2H3,(H,28,31). The molecule has 0 fully saturated rings. The smallest absolute Gasteiger partial charge is 0.251 e. The molecule has 1 aliphatic heterocycles. The minimum Gasteiger partial charge on any atom is -0.493 e. The summed E-state index contributed by atoms with van der Waals surface area (Å²) in [7, 11) is 3.19. The number of hydrogen-bond donors (Lipinski definition) is 1. The summed E-state index contributed by atoms with van der Waals surface area (Å²) < 4.78 is 10.6. The number of carbonyl (C=O) groups is 2. The van der Waals surface area contributed by atoms with E-state index >= 15 is 0 Å². The minimum atomic E-state index is -0.183. The number of ether oxygens (including phenoxy) is 2. The van der Waals surface area contributed by atoms with Crippen molar-refractivity contribution in [1.29, 1.82) is 0 Å². The van der Waals surface area contributed by atoms with Gasteiger partial charge in [-0.25, -0.2) is 0 Å². The Bertz CT molecular complexity index is 1200. The second-order valence-corrected chi connectivity index (χ2v) is 9.23. The molecular formula is C26H25ClN2O4S. The predicted molar refractivity (Wildman–Crippen MR) is 135 cm³/mol. The second kappa shape index (κ2) is 10.8. The minimum absolute atomic E-state index is 0.0125. The predicted octanol–water partition coefficient (Wildman–Crippen LogP) is 4.97. The molecule has 34 heavy (non-hydrogen) atoms. The molecule has 3 aromatic carbocycles. The topological polar surface area (TPSA) is 67.9 Å². The van der Waals surface area contributed by atoms with E-state index in [1.807, 2.05) is 48.5 Å². The van der Waals surface area contributed by atoms with E-state index in [1.165, 1.54) is 11.8 Å². The third kappa shape index (κ3) is 5.48. The van der Waals surface area contributed by atoms with Crippen molar-refractivity contribution in [3.8, 4) is 11.5 Å². The average Bonchev–Trinajstić information content (AvgIpc) is 2.86. The first-order chi connectivity index (χ1) is 16.5. The highest BCUT2D eigenvalue weighted by atomic mass is 35.5. The van der Waals surface area contributed by atoms with Gasteiger partial charge in [0, 0.05) is 22.0 Å². The second-order valence-electron chi connectivity index (χ2n) is 7.77. The highest BCUT2D eigenvalue weighted by Crippen LogP contribution is 2.37. The summed E-state index contributed by atoms with van der Waals surface area (Å²) >= 11 is 7.48. The van der Waals surface area contributed by atoms with E-state index in [1.54, 1.807) is 31.3 Å². The fourth-order valence-corrected chi connectivity index (χ4v) is 4.79. The molecule has 0 aliphatic carbocycles. The number of methoxy groups -OCH3 is 2. The van der Waals surface area contributed by atoms with Crippen molar-refractivity contribution < 1.29 is 19.1 Å². The van der Waals surface area contributed by atoms with Crippen LogP contribution in [0.1, 0.15) is 21.5 Å². The number of benzene rings is 3. The SMILES string of the molecule is COc1ccc(CCNC(=O)c2ccc3c(c2)N(Cc2ccc(Cl)cc2)C(=O)CS3)cc1OC. The molecule has 0 aromatic heterocycles. The number of thioether (sulfide) groups is 1. The van der Waals surface area contributed by atoms with Crippen molar-refractivity contribution in [2.45, 2.75) is 17.9 Å². The third-order valence-corrected chi connectivity index (χ3v) is 6.86.